The van der Waals surface area contributed by atoms with E-state index in [0.29, 0.717) is 6.54 Å². The summed E-state index contributed by atoms with van der Waals surface area (Å²) in [6.45, 7) is 0.116. The summed E-state index contributed by atoms with van der Waals surface area (Å²) in [6, 6.07) is 1.83. The Morgan fingerprint density at radius 1 is 1.53 bits per heavy atom. The molecule has 4 N–H and O–H groups in total. The van der Waals surface area contributed by atoms with E-state index in [-0.39, 0.29) is 18.2 Å². The van der Waals surface area contributed by atoms with Crippen molar-refractivity contribution in [2.24, 2.45) is 0 Å². The zero-order valence-corrected chi connectivity index (χ0v) is 10.6. The van der Waals surface area contributed by atoms with Gasteiger partial charge in [-0.3, -0.25) is 4.79 Å². The maximum absolute atomic E-state index is 11.7. The minimum Gasteiger partial charge on any atom is -0.384 e. The lowest BCUT2D eigenvalue weighted by Crippen LogP contribution is -2.23. The van der Waals surface area contributed by atoms with E-state index in [1.165, 1.54) is 17.5 Å². The van der Waals surface area contributed by atoms with Gasteiger partial charge in [-0.15, -0.1) is 11.3 Å². The largest absolute Gasteiger partial charge is 0.384 e. The number of amides is 1. The van der Waals surface area contributed by atoms with E-state index in [1.54, 1.807) is 0 Å². The third-order valence-electron chi connectivity index (χ3n) is 2.30. The molecule has 7 heteroatoms. The summed E-state index contributed by atoms with van der Waals surface area (Å²) in [5.74, 6) is 5.00. The highest BCUT2D eigenvalue weighted by Gasteiger charge is 2.09. The van der Waals surface area contributed by atoms with Crippen LogP contribution in [0.15, 0.2) is 22.4 Å². The van der Waals surface area contributed by atoms with E-state index in [4.69, 9.17) is 5.11 Å². The molecular formula is C12H11N3O3S. The van der Waals surface area contributed by atoms with Crippen molar-refractivity contribution in [3.63, 3.8) is 0 Å². The molecule has 0 aromatic carbocycles. The SMILES string of the molecule is O=C(NCc1sccc1C#CCO)c1c[nH]c(=O)[nH]1. The lowest BCUT2D eigenvalue weighted by molar-refractivity contribution is 0.0946. The first-order valence-corrected chi connectivity index (χ1v) is 6.30. The molecule has 98 valence electrons. The summed E-state index contributed by atoms with van der Waals surface area (Å²) in [5.41, 5.74) is 0.544. The normalized spacial score (nSPS) is 9.74. The summed E-state index contributed by atoms with van der Waals surface area (Å²) < 4.78 is 0. The van der Waals surface area contributed by atoms with E-state index in [1.807, 2.05) is 11.4 Å². The Kier molecular flexibility index (Phi) is 4.18. The van der Waals surface area contributed by atoms with Crippen molar-refractivity contribution in [2.75, 3.05) is 6.61 Å². The van der Waals surface area contributed by atoms with Crippen molar-refractivity contribution in [1.82, 2.24) is 15.3 Å². The van der Waals surface area contributed by atoms with Crippen LogP contribution in [0.4, 0.5) is 0 Å². The van der Waals surface area contributed by atoms with Gasteiger partial charge in [0.15, 0.2) is 0 Å². The molecule has 0 saturated heterocycles. The summed E-state index contributed by atoms with van der Waals surface area (Å²) in [4.78, 5) is 28.2. The van der Waals surface area contributed by atoms with Crippen LogP contribution < -0.4 is 11.0 Å². The summed E-state index contributed by atoms with van der Waals surface area (Å²) >= 11 is 1.46. The van der Waals surface area contributed by atoms with E-state index >= 15 is 0 Å². The van der Waals surface area contributed by atoms with Crippen LogP contribution >= 0.6 is 11.3 Å². The monoisotopic (exact) mass is 277 g/mol. The fraction of sp³-hybridized carbons (Fsp3) is 0.167. The number of H-pyrrole nitrogens is 2. The van der Waals surface area contributed by atoms with Gasteiger partial charge in [-0.05, 0) is 11.4 Å². The number of rotatable bonds is 3. The molecule has 2 heterocycles. The summed E-state index contributed by atoms with van der Waals surface area (Å²) in [7, 11) is 0. The predicted molar refractivity (Wildman–Crippen MR) is 70.9 cm³/mol. The number of hydrogen-bond donors (Lipinski definition) is 4. The van der Waals surface area contributed by atoms with Gasteiger partial charge in [0.25, 0.3) is 5.91 Å². The number of thiophene rings is 1. The standard InChI is InChI=1S/C12H11N3O3S/c16-4-1-2-8-3-5-19-10(8)7-13-11(17)9-6-14-12(18)15-9/h3,5-6,16H,4,7H2,(H,13,17)(H2,14,15,18). The minimum atomic E-state index is -0.421. The number of aliphatic hydroxyl groups excluding tert-OH is 1. The van der Waals surface area contributed by atoms with Crippen LogP contribution in [0.1, 0.15) is 20.9 Å². The molecule has 0 aliphatic carbocycles. The second kappa shape index (κ2) is 6.04. The maximum atomic E-state index is 11.7. The number of aromatic amines is 2. The lowest BCUT2D eigenvalue weighted by atomic mass is 10.2. The van der Waals surface area contributed by atoms with Crippen molar-refractivity contribution < 1.29 is 9.90 Å². The van der Waals surface area contributed by atoms with Crippen molar-refractivity contribution in [3.8, 4) is 11.8 Å². The maximum Gasteiger partial charge on any atom is 0.323 e. The van der Waals surface area contributed by atoms with E-state index in [2.05, 4.69) is 27.1 Å². The molecule has 0 bridgehead atoms. The Hall–Kier alpha value is -2.30. The number of nitrogens with one attached hydrogen (secondary N) is 3. The van der Waals surface area contributed by atoms with Gasteiger partial charge in [0.05, 0.1) is 6.54 Å². The summed E-state index contributed by atoms with van der Waals surface area (Å²) in [6.07, 6.45) is 1.32. The highest BCUT2D eigenvalue weighted by Crippen LogP contribution is 2.15. The Balaban J connectivity index is 2.01. The van der Waals surface area contributed by atoms with Crippen LogP contribution in [0.25, 0.3) is 0 Å². The van der Waals surface area contributed by atoms with Crippen LogP contribution in [-0.4, -0.2) is 27.6 Å². The smallest absolute Gasteiger partial charge is 0.323 e. The van der Waals surface area contributed by atoms with Crippen LogP contribution in [0.2, 0.25) is 0 Å². The number of hydrogen-bond acceptors (Lipinski definition) is 4. The van der Waals surface area contributed by atoms with Gasteiger partial charge < -0.3 is 20.4 Å². The van der Waals surface area contributed by atoms with Crippen molar-refractivity contribution in [3.05, 3.63) is 44.3 Å². The fourth-order valence-electron chi connectivity index (χ4n) is 1.43. The van der Waals surface area contributed by atoms with E-state index in [0.717, 1.165) is 10.4 Å². The number of aromatic nitrogens is 2. The molecule has 0 unspecified atom stereocenters. The zero-order chi connectivity index (χ0) is 13.7. The first-order chi connectivity index (χ1) is 9.20. The average Bonchev–Trinajstić information content (AvgIpc) is 3.02. The van der Waals surface area contributed by atoms with Crippen LogP contribution in [-0.2, 0) is 6.54 Å². The van der Waals surface area contributed by atoms with E-state index in [9.17, 15) is 9.59 Å². The topological polar surface area (TPSA) is 98.0 Å². The first-order valence-electron chi connectivity index (χ1n) is 5.42. The third-order valence-corrected chi connectivity index (χ3v) is 3.22. The van der Waals surface area contributed by atoms with Crippen molar-refractivity contribution in [2.45, 2.75) is 6.54 Å². The number of imidazole rings is 1. The van der Waals surface area contributed by atoms with Gasteiger partial charge in [0, 0.05) is 16.6 Å². The molecule has 2 aromatic heterocycles. The molecule has 0 spiro atoms. The number of aliphatic hydroxyl groups is 1. The molecule has 0 saturated carbocycles. The second-order valence-electron chi connectivity index (χ2n) is 3.56. The molecule has 2 aromatic rings. The lowest BCUT2D eigenvalue weighted by Gasteiger charge is -2.01. The first kappa shape index (κ1) is 13.1. The quantitative estimate of drug-likeness (QED) is 0.596. The summed E-state index contributed by atoms with van der Waals surface area (Å²) in [5, 5.41) is 13.2. The number of carbonyl (C=O) groups excluding carboxylic acids is 1. The van der Waals surface area contributed by atoms with Crippen LogP contribution in [0.3, 0.4) is 0 Å². The zero-order valence-electron chi connectivity index (χ0n) is 9.82. The highest BCUT2D eigenvalue weighted by molar-refractivity contribution is 7.10. The van der Waals surface area contributed by atoms with Gasteiger partial charge in [-0.2, -0.15) is 0 Å². The Bertz CT molecular complexity index is 687. The van der Waals surface area contributed by atoms with Crippen molar-refractivity contribution >= 4 is 17.2 Å². The van der Waals surface area contributed by atoms with Gasteiger partial charge in [-0.1, -0.05) is 11.8 Å². The molecule has 0 fully saturated rings. The van der Waals surface area contributed by atoms with Gasteiger partial charge >= 0.3 is 5.69 Å². The minimum absolute atomic E-state index is 0.185. The number of carbonyl (C=O) groups is 1. The van der Waals surface area contributed by atoms with Crippen LogP contribution in [0, 0.1) is 11.8 Å². The molecule has 0 atom stereocenters. The van der Waals surface area contributed by atoms with Crippen LogP contribution in [0.5, 0.6) is 0 Å². The van der Waals surface area contributed by atoms with E-state index < -0.39 is 5.69 Å². The Morgan fingerprint density at radius 3 is 3.05 bits per heavy atom. The Morgan fingerprint density at radius 2 is 2.37 bits per heavy atom. The molecule has 2 rings (SSSR count). The Labute approximate surface area is 112 Å². The highest BCUT2D eigenvalue weighted by atomic mass is 32.1. The predicted octanol–water partition coefficient (Wildman–Crippen LogP) is 0.0383. The van der Waals surface area contributed by atoms with Gasteiger partial charge in [-0.25, -0.2) is 4.79 Å². The molecule has 0 aliphatic rings. The molecule has 0 radical (unpaired) electrons. The fourth-order valence-corrected chi connectivity index (χ4v) is 2.20. The molecule has 6 nitrogen and oxygen atoms in total. The molecule has 1 amide bonds. The van der Waals surface area contributed by atoms with Gasteiger partial charge in [0.2, 0.25) is 0 Å². The molecule has 19 heavy (non-hydrogen) atoms. The van der Waals surface area contributed by atoms with Crippen molar-refractivity contribution in [1.29, 1.82) is 0 Å². The molecular weight excluding hydrogens is 266 g/mol. The third kappa shape index (κ3) is 3.34. The van der Waals surface area contributed by atoms with Gasteiger partial charge in [0.1, 0.15) is 12.3 Å². The average molecular weight is 277 g/mol. The second-order valence-corrected chi connectivity index (χ2v) is 4.56. The molecule has 0 aliphatic heterocycles.